The third kappa shape index (κ3) is 3.82. The van der Waals surface area contributed by atoms with Crippen LogP contribution in [-0.2, 0) is 9.53 Å². The van der Waals surface area contributed by atoms with Crippen LogP contribution in [0, 0.1) is 0 Å². The van der Waals surface area contributed by atoms with Gasteiger partial charge in [0.1, 0.15) is 6.04 Å². The normalized spacial score (nSPS) is 22.7. The topological polar surface area (TPSA) is 29.5 Å². The minimum Gasteiger partial charge on any atom is -0.465 e. The standard InChI is InChI=1S/C12H23NO2/c1-3-8-13-9-6-5-7-11(13)12(14)15-10-4-2/h11H,3-10H2,1-2H3/t11-/m0/s1. The highest BCUT2D eigenvalue weighted by Crippen LogP contribution is 2.18. The van der Waals surface area contributed by atoms with Crippen LogP contribution in [0.15, 0.2) is 0 Å². The zero-order chi connectivity index (χ0) is 11.1. The molecule has 0 aromatic rings. The van der Waals surface area contributed by atoms with E-state index in [0.29, 0.717) is 6.61 Å². The van der Waals surface area contributed by atoms with Crippen LogP contribution >= 0.6 is 0 Å². The van der Waals surface area contributed by atoms with Crippen molar-refractivity contribution in [1.29, 1.82) is 0 Å². The van der Waals surface area contributed by atoms with Crippen LogP contribution in [-0.4, -0.2) is 36.6 Å². The maximum Gasteiger partial charge on any atom is 0.323 e. The van der Waals surface area contributed by atoms with Crippen molar-refractivity contribution < 1.29 is 9.53 Å². The van der Waals surface area contributed by atoms with Gasteiger partial charge in [-0.05, 0) is 38.8 Å². The van der Waals surface area contributed by atoms with Crippen LogP contribution < -0.4 is 0 Å². The molecule has 0 aliphatic carbocycles. The van der Waals surface area contributed by atoms with Gasteiger partial charge in [0, 0.05) is 0 Å². The lowest BCUT2D eigenvalue weighted by atomic mass is 10.0. The van der Waals surface area contributed by atoms with Crippen molar-refractivity contribution in [3.63, 3.8) is 0 Å². The first-order chi connectivity index (χ1) is 7.29. The molecule has 0 N–H and O–H groups in total. The molecule has 1 aliphatic heterocycles. The summed E-state index contributed by atoms with van der Waals surface area (Å²) in [6.07, 6.45) is 5.37. The van der Waals surface area contributed by atoms with Crippen LogP contribution in [0.4, 0.5) is 0 Å². The molecule has 88 valence electrons. The summed E-state index contributed by atoms with van der Waals surface area (Å²) in [6, 6.07) is 0.0326. The van der Waals surface area contributed by atoms with Crippen LogP contribution in [0.1, 0.15) is 46.0 Å². The zero-order valence-corrected chi connectivity index (χ0v) is 10.00. The minimum atomic E-state index is -0.00926. The van der Waals surface area contributed by atoms with Crippen molar-refractivity contribution in [2.75, 3.05) is 19.7 Å². The highest BCUT2D eigenvalue weighted by Gasteiger charge is 2.28. The molecule has 0 spiro atoms. The molecule has 0 unspecified atom stereocenters. The third-order valence-corrected chi connectivity index (χ3v) is 2.85. The first-order valence-electron chi connectivity index (χ1n) is 6.20. The molecule has 0 radical (unpaired) electrons. The number of hydrogen-bond donors (Lipinski definition) is 0. The third-order valence-electron chi connectivity index (χ3n) is 2.85. The van der Waals surface area contributed by atoms with E-state index in [2.05, 4.69) is 11.8 Å². The molecule has 3 nitrogen and oxygen atoms in total. The molecule has 0 aromatic heterocycles. The molecule has 0 bridgehead atoms. The van der Waals surface area contributed by atoms with E-state index in [9.17, 15) is 4.79 Å². The van der Waals surface area contributed by atoms with Crippen molar-refractivity contribution in [2.45, 2.75) is 52.0 Å². The zero-order valence-electron chi connectivity index (χ0n) is 10.00. The average Bonchev–Trinajstić information content (AvgIpc) is 2.27. The second-order valence-corrected chi connectivity index (χ2v) is 4.22. The van der Waals surface area contributed by atoms with Gasteiger partial charge in [0.15, 0.2) is 0 Å². The Kier molecular flexibility index (Phi) is 5.69. The summed E-state index contributed by atoms with van der Waals surface area (Å²) in [5, 5.41) is 0. The lowest BCUT2D eigenvalue weighted by molar-refractivity contribution is -0.151. The predicted molar refractivity (Wildman–Crippen MR) is 60.8 cm³/mol. The number of carbonyl (C=O) groups excluding carboxylic acids is 1. The number of rotatable bonds is 5. The summed E-state index contributed by atoms with van der Waals surface area (Å²) >= 11 is 0. The number of carbonyl (C=O) groups is 1. The Bertz CT molecular complexity index is 192. The van der Waals surface area contributed by atoms with Crippen LogP contribution in [0.2, 0.25) is 0 Å². The van der Waals surface area contributed by atoms with E-state index < -0.39 is 0 Å². The highest BCUT2D eigenvalue weighted by atomic mass is 16.5. The Morgan fingerprint density at radius 1 is 1.33 bits per heavy atom. The van der Waals surface area contributed by atoms with E-state index in [1.165, 1.54) is 6.42 Å². The maximum atomic E-state index is 11.8. The van der Waals surface area contributed by atoms with Gasteiger partial charge in [0.2, 0.25) is 0 Å². The second kappa shape index (κ2) is 6.83. The largest absolute Gasteiger partial charge is 0.465 e. The summed E-state index contributed by atoms with van der Waals surface area (Å²) < 4.78 is 5.23. The van der Waals surface area contributed by atoms with E-state index in [-0.39, 0.29) is 12.0 Å². The van der Waals surface area contributed by atoms with Gasteiger partial charge in [-0.2, -0.15) is 0 Å². The molecule has 0 amide bonds. The molecule has 1 heterocycles. The first kappa shape index (κ1) is 12.5. The summed E-state index contributed by atoms with van der Waals surface area (Å²) in [7, 11) is 0. The summed E-state index contributed by atoms with van der Waals surface area (Å²) in [5.74, 6) is -0.00926. The number of nitrogens with zero attached hydrogens (tertiary/aromatic N) is 1. The number of piperidine rings is 1. The monoisotopic (exact) mass is 213 g/mol. The Balaban J connectivity index is 2.43. The number of hydrogen-bond acceptors (Lipinski definition) is 3. The van der Waals surface area contributed by atoms with Crippen molar-refractivity contribution in [3.05, 3.63) is 0 Å². The van der Waals surface area contributed by atoms with E-state index in [1.54, 1.807) is 0 Å². The molecular weight excluding hydrogens is 190 g/mol. The van der Waals surface area contributed by atoms with Gasteiger partial charge in [-0.15, -0.1) is 0 Å². The lowest BCUT2D eigenvalue weighted by Crippen LogP contribution is -2.45. The molecule has 0 saturated carbocycles. The van der Waals surface area contributed by atoms with E-state index in [4.69, 9.17) is 4.74 Å². The molecule has 1 rings (SSSR count). The Hall–Kier alpha value is -0.570. The molecule has 0 aromatic carbocycles. The van der Waals surface area contributed by atoms with Gasteiger partial charge in [-0.1, -0.05) is 20.3 Å². The summed E-state index contributed by atoms with van der Waals surface area (Å²) in [4.78, 5) is 14.1. The summed E-state index contributed by atoms with van der Waals surface area (Å²) in [6.45, 7) is 6.82. The number of esters is 1. The van der Waals surface area contributed by atoms with Gasteiger partial charge >= 0.3 is 5.97 Å². The summed E-state index contributed by atoms with van der Waals surface area (Å²) in [5.41, 5.74) is 0. The van der Waals surface area contributed by atoms with Crippen molar-refractivity contribution in [1.82, 2.24) is 4.90 Å². The van der Waals surface area contributed by atoms with Gasteiger partial charge in [-0.3, -0.25) is 9.69 Å². The molecule has 1 fully saturated rings. The SMILES string of the molecule is CCCOC(=O)[C@@H]1CCCCN1CCC. The van der Waals surface area contributed by atoms with Gasteiger partial charge in [0.25, 0.3) is 0 Å². The van der Waals surface area contributed by atoms with Crippen molar-refractivity contribution >= 4 is 5.97 Å². The predicted octanol–water partition coefficient (Wildman–Crippen LogP) is 2.20. The fraction of sp³-hybridized carbons (Fsp3) is 0.917. The Morgan fingerprint density at radius 3 is 2.80 bits per heavy atom. The molecule has 3 heteroatoms. The van der Waals surface area contributed by atoms with Gasteiger partial charge < -0.3 is 4.74 Å². The molecule has 1 aliphatic rings. The van der Waals surface area contributed by atoms with Crippen LogP contribution in [0.5, 0.6) is 0 Å². The smallest absolute Gasteiger partial charge is 0.323 e. The number of likely N-dealkylation sites (tertiary alicyclic amines) is 1. The Morgan fingerprint density at radius 2 is 2.13 bits per heavy atom. The average molecular weight is 213 g/mol. The maximum absolute atomic E-state index is 11.8. The first-order valence-corrected chi connectivity index (χ1v) is 6.20. The lowest BCUT2D eigenvalue weighted by Gasteiger charge is -2.33. The quantitative estimate of drug-likeness (QED) is 0.656. The van der Waals surface area contributed by atoms with E-state index in [1.807, 2.05) is 6.92 Å². The van der Waals surface area contributed by atoms with Gasteiger partial charge in [0.05, 0.1) is 6.61 Å². The van der Waals surface area contributed by atoms with Crippen molar-refractivity contribution in [3.8, 4) is 0 Å². The highest BCUT2D eigenvalue weighted by molar-refractivity contribution is 5.75. The Labute approximate surface area is 92.8 Å². The van der Waals surface area contributed by atoms with Crippen molar-refractivity contribution in [2.24, 2.45) is 0 Å². The fourth-order valence-corrected chi connectivity index (χ4v) is 2.11. The van der Waals surface area contributed by atoms with E-state index >= 15 is 0 Å². The van der Waals surface area contributed by atoms with E-state index in [0.717, 1.165) is 38.8 Å². The molecule has 15 heavy (non-hydrogen) atoms. The van der Waals surface area contributed by atoms with Crippen LogP contribution in [0.3, 0.4) is 0 Å². The number of ether oxygens (including phenoxy) is 1. The van der Waals surface area contributed by atoms with Crippen LogP contribution in [0.25, 0.3) is 0 Å². The molecular formula is C12H23NO2. The fourth-order valence-electron chi connectivity index (χ4n) is 2.11. The second-order valence-electron chi connectivity index (χ2n) is 4.22. The van der Waals surface area contributed by atoms with Gasteiger partial charge in [-0.25, -0.2) is 0 Å². The molecule has 1 atom stereocenters. The molecule has 1 saturated heterocycles. The minimum absolute atomic E-state index is 0.00926.